The molecule has 0 aromatic carbocycles. The van der Waals surface area contributed by atoms with Crippen LogP contribution in [0.5, 0.6) is 0 Å². The van der Waals surface area contributed by atoms with Crippen LogP contribution in [-0.4, -0.2) is 43.3 Å². The van der Waals surface area contributed by atoms with Crippen LogP contribution in [0.15, 0.2) is 24.5 Å². The Labute approximate surface area is 296 Å². The second-order valence-electron chi connectivity index (χ2n) is 13.2. The van der Waals surface area contributed by atoms with Gasteiger partial charge in [-0.1, -0.05) is 148 Å². The molecule has 0 heterocycles. The summed E-state index contributed by atoms with van der Waals surface area (Å²) in [4.78, 5) is 22.3. The van der Waals surface area contributed by atoms with Crippen LogP contribution >= 0.6 is 7.82 Å². The maximum atomic E-state index is 12.5. The lowest BCUT2D eigenvalue weighted by molar-refractivity contribution is -0.153. The van der Waals surface area contributed by atoms with Gasteiger partial charge in [0.05, 0.1) is 19.5 Å². The summed E-state index contributed by atoms with van der Waals surface area (Å²) in [5, 5.41) is 0. The molecule has 0 aromatic heterocycles. The summed E-state index contributed by atoms with van der Waals surface area (Å²) >= 11 is 0. The van der Waals surface area contributed by atoms with Crippen LogP contribution in [0.2, 0.25) is 0 Å². The summed E-state index contributed by atoms with van der Waals surface area (Å²) in [6.45, 7) is 4.22. The molecule has 9 heteroatoms. The molecule has 48 heavy (non-hydrogen) atoms. The second kappa shape index (κ2) is 37.1. The topological polar surface area (TPSA) is 117 Å². The largest absolute Gasteiger partial charge is 0.498 e. The van der Waals surface area contributed by atoms with Gasteiger partial charge in [0, 0.05) is 13.0 Å². The van der Waals surface area contributed by atoms with Gasteiger partial charge in [0.25, 0.3) is 0 Å². The Morgan fingerprint density at radius 2 is 1.06 bits per heavy atom. The predicted octanol–water partition coefficient (Wildman–Crippen LogP) is 11.6. The molecule has 284 valence electrons. The van der Waals surface area contributed by atoms with E-state index >= 15 is 0 Å². The first-order chi connectivity index (χ1) is 23.4. The first kappa shape index (κ1) is 46.8. The molecule has 0 saturated heterocycles. The number of rotatable bonds is 38. The van der Waals surface area contributed by atoms with E-state index in [9.17, 15) is 14.3 Å². The summed E-state index contributed by atoms with van der Waals surface area (Å²) in [7, 11) is -4.29. The Balaban J connectivity index is 4.13. The zero-order chi connectivity index (χ0) is 35.2. The van der Waals surface area contributed by atoms with Crippen molar-refractivity contribution in [1.29, 1.82) is 0 Å². The van der Waals surface area contributed by atoms with Crippen LogP contribution in [-0.2, 0) is 27.9 Å². The summed E-state index contributed by atoms with van der Waals surface area (Å²) in [6.07, 6.45) is 40.0. The molecule has 0 aliphatic carbocycles. The molecule has 3 N–H and O–H groups in total. The third kappa shape index (κ3) is 36.1. The zero-order valence-electron chi connectivity index (χ0n) is 31.2. The highest BCUT2D eigenvalue weighted by atomic mass is 31.2. The minimum absolute atomic E-state index is 0.0290. The van der Waals surface area contributed by atoms with Crippen molar-refractivity contribution in [3.63, 3.8) is 0 Å². The average molecular weight is 702 g/mol. The van der Waals surface area contributed by atoms with Crippen LogP contribution in [0.25, 0.3) is 0 Å². The first-order valence-electron chi connectivity index (χ1n) is 19.9. The van der Waals surface area contributed by atoms with Crippen LogP contribution < -0.4 is 5.73 Å². The van der Waals surface area contributed by atoms with Crippen molar-refractivity contribution >= 4 is 13.8 Å². The molecule has 0 aliphatic heterocycles. The van der Waals surface area contributed by atoms with Gasteiger partial charge in [0.1, 0.15) is 6.61 Å². The van der Waals surface area contributed by atoms with E-state index in [4.69, 9.17) is 24.3 Å². The van der Waals surface area contributed by atoms with Gasteiger partial charge < -0.3 is 20.1 Å². The van der Waals surface area contributed by atoms with Gasteiger partial charge in [0.2, 0.25) is 0 Å². The third-order valence-corrected chi connectivity index (χ3v) is 9.42. The Kier molecular flexibility index (Phi) is 36.2. The number of phosphoric ester groups is 1. The van der Waals surface area contributed by atoms with E-state index in [2.05, 4.69) is 26.0 Å². The van der Waals surface area contributed by atoms with E-state index in [0.717, 1.165) is 44.9 Å². The molecule has 0 saturated carbocycles. The summed E-state index contributed by atoms with van der Waals surface area (Å²) in [5.41, 5.74) is 5.35. The van der Waals surface area contributed by atoms with Gasteiger partial charge in [-0.15, -0.1) is 0 Å². The number of nitrogens with two attached hydrogens (primary N) is 1. The number of unbranched alkanes of at least 4 members (excludes halogenated alkanes) is 23. The molecular weight excluding hydrogens is 625 g/mol. The Bertz CT molecular complexity index is 792. The monoisotopic (exact) mass is 702 g/mol. The van der Waals surface area contributed by atoms with E-state index in [1.165, 1.54) is 122 Å². The molecule has 0 radical (unpaired) electrons. The third-order valence-electron chi connectivity index (χ3n) is 8.44. The zero-order valence-corrected chi connectivity index (χ0v) is 32.1. The maximum Gasteiger partial charge on any atom is 0.472 e. The highest BCUT2D eigenvalue weighted by Gasteiger charge is 2.25. The lowest BCUT2D eigenvalue weighted by Gasteiger charge is -2.19. The number of ether oxygens (including phenoxy) is 2. The summed E-state index contributed by atoms with van der Waals surface area (Å²) < 4.78 is 33.1. The fourth-order valence-electron chi connectivity index (χ4n) is 5.49. The average Bonchev–Trinajstić information content (AvgIpc) is 3.07. The van der Waals surface area contributed by atoms with Gasteiger partial charge >= 0.3 is 13.8 Å². The highest BCUT2D eigenvalue weighted by molar-refractivity contribution is 7.47. The minimum atomic E-state index is -4.29. The molecule has 0 aliphatic rings. The summed E-state index contributed by atoms with van der Waals surface area (Å²) in [5.74, 6) is -0.368. The SMILES string of the molecule is CCCCCCCC/C=C/CCCCCC(=O)O[C@H](CO/C=C/CCCCCCCCCCCCCCCC)COP(=O)(O)OCCN. The van der Waals surface area contributed by atoms with Crippen molar-refractivity contribution in [2.24, 2.45) is 5.73 Å². The lowest BCUT2D eigenvalue weighted by atomic mass is 10.0. The molecule has 0 aromatic rings. The fraction of sp³-hybridized carbons (Fsp3) is 0.872. The molecule has 0 spiro atoms. The minimum Gasteiger partial charge on any atom is -0.498 e. The van der Waals surface area contributed by atoms with Gasteiger partial charge in [-0.2, -0.15) is 0 Å². The molecule has 0 bridgehead atoms. The van der Waals surface area contributed by atoms with Crippen molar-refractivity contribution in [2.45, 2.75) is 193 Å². The fourth-order valence-corrected chi connectivity index (χ4v) is 6.25. The van der Waals surface area contributed by atoms with E-state index < -0.39 is 13.9 Å². The number of phosphoric acid groups is 1. The quantitative estimate of drug-likeness (QED) is 0.0215. The maximum absolute atomic E-state index is 12.5. The number of esters is 1. The number of allylic oxidation sites excluding steroid dienone is 3. The van der Waals surface area contributed by atoms with Crippen molar-refractivity contribution in [3.8, 4) is 0 Å². The Morgan fingerprint density at radius 3 is 1.54 bits per heavy atom. The highest BCUT2D eigenvalue weighted by Crippen LogP contribution is 2.43. The van der Waals surface area contributed by atoms with Gasteiger partial charge in [-0.05, 0) is 51.0 Å². The summed E-state index contributed by atoms with van der Waals surface area (Å²) in [6, 6.07) is 0. The van der Waals surface area contributed by atoms with Crippen LogP contribution in [0.3, 0.4) is 0 Å². The molecule has 0 fully saturated rings. The normalized spacial score (nSPS) is 13.8. The van der Waals surface area contributed by atoms with Crippen LogP contribution in [0.4, 0.5) is 0 Å². The first-order valence-corrected chi connectivity index (χ1v) is 21.4. The van der Waals surface area contributed by atoms with E-state index in [1.807, 2.05) is 6.08 Å². The molecule has 0 amide bonds. The van der Waals surface area contributed by atoms with E-state index in [-0.39, 0.29) is 38.8 Å². The molecule has 1 unspecified atom stereocenters. The number of hydrogen-bond donors (Lipinski definition) is 2. The van der Waals surface area contributed by atoms with Gasteiger partial charge in [0.15, 0.2) is 6.10 Å². The Morgan fingerprint density at radius 1 is 0.625 bits per heavy atom. The molecule has 0 rings (SSSR count). The van der Waals surface area contributed by atoms with Crippen molar-refractivity contribution in [2.75, 3.05) is 26.4 Å². The standard InChI is InChI=1S/C39H76NO7P/c1-3-5-7-9-11-13-15-17-18-19-21-23-25-27-29-31-34-44-36-38(37-46-48(42,43)45-35-33-40)47-39(41)32-30-28-26-24-22-20-16-14-12-10-8-6-4-2/h20,22,31,34,38H,3-19,21,23-30,32-33,35-37,40H2,1-2H3,(H,42,43)/b22-20+,34-31+/t38-/m1/s1. The van der Waals surface area contributed by atoms with Crippen molar-refractivity contribution in [3.05, 3.63) is 24.5 Å². The second-order valence-corrected chi connectivity index (χ2v) is 14.7. The van der Waals surface area contributed by atoms with Crippen molar-refractivity contribution in [1.82, 2.24) is 0 Å². The number of carbonyl (C=O) groups is 1. The lowest BCUT2D eigenvalue weighted by Crippen LogP contribution is -2.27. The Hall–Kier alpha value is -1.18. The van der Waals surface area contributed by atoms with E-state index in [1.54, 1.807) is 6.26 Å². The van der Waals surface area contributed by atoms with Crippen LogP contribution in [0.1, 0.15) is 187 Å². The predicted molar refractivity (Wildman–Crippen MR) is 201 cm³/mol. The van der Waals surface area contributed by atoms with Crippen molar-refractivity contribution < 1.29 is 32.8 Å². The van der Waals surface area contributed by atoms with Crippen LogP contribution in [0, 0.1) is 0 Å². The molecule has 2 atom stereocenters. The van der Waals surface area contributed by atoms with Gasteiger partial charge in [-0.3, -0.25) is 13.8 Å². The molecular formula is C39H76NO7P. The number of carbonyl (C=O) groups excluding carboxylic acids is 1. The van der Waals surface area contributed by atoms with E-state index in [0.29, 0.717) is 0 Å². The van der Waals surface area contributed by atoms with Gasteiger partial charge in [-0.25, -0.2) is 4.57 Å². The smallest absolute Gasteiger partial charge is 0.472 e. The molecule has 8 nitrogen and oxygen atoms in total. The number of hydrogen-bond acceptors (Lipinski definition) is 7.